The molecule has 0 spiro atoms. The predicted molar refractivity (Wildman–Crippen MR) is 123 cm³/mol. The molecule has 0 saturated carbocycles. The van der Waals surface area contributed by atoms with Gasteiger partial charge in [-0.15, -0.1) is 0 Å². The fourth-order valence-electron chi connectivity index (χ4n) is 4.26. The zero-order valence-electron chi connectivity index (χ0n) is 19.4. The van der Waals surface area contributed by atoms with Crippen LogP contribution in [0.15, 0.2) is 24.3 Å². The molecule has 1 aliphatic heterocycles. The molecule has 0 aliphatic carbocycles. The van der Waals surface area contributed by atoms with Crippen LogP contribution in [0.5, 0.6) is 5.75 Å². The smallest absolute Gasteiger partial charge is 0.239 e. The van der Waals surface area contributed by atoms with Gasteiger partial charge in [-0.1, -0.05) is 0 Å². The van der Waals surface area contributed by atoms with Gasteiger partial charge < -0.3 is 15.0 Å². The van der Waals surface area contributed by atoms with E-state index in [0.29, 0.717) is 17.9 Å². The van der Waals surface area contributed by atoms with E-state index in [9.17, 15) is 14.9 Å². The summed E-state index contributed by atoms with van der Waals surface area (Å²) >= 11 is 0. The van der Waals surface area contributed by atoms with Gasteiger partial charge in [0.2, 0.25) is 11.8 Å². The van der Waals surface area contributed by atoms with Crippen LogP contribution in [-0.4, -0.2) is 67.0 Å². The maximum absolute atomic E-state index is 13.0. The van der Waals surface area contributed by atoms with Gasteiger partial charge in [0.05, 0.1) is 25.1 Å². The molecule has 1 atom stereocenters. The van der Waals surface area contributed by atoms with Gasteiger partial charge >= 0.3 is 0 Å². The zero-order valence-corrected chi connectivity index (χ0v) is 19.4. The summed E-state index contributed by atoms with van der Waals surface area (Å²) in [6.45, 7) is 5.32. The summed E-state index contributed by atoms with van der Waals surface area (Å²) in [5.74, 6) is 1.01. The first kappa shape index (κ1) is 23.4. The van der Waals surface area contributed by atoms with Crippen molar-refractivity contribution in [3.8, 4) is 17.5 Å². The van der Waals surface area contributed by atoms with E-state index in [4.69, 9.17) is 4.74 Å². The fourth-order valence-corrected chi connectivity index (χ4v) is 4.26. The van der Waals surface area contributed by atoms with Crippen LogP contribution in [-0.2, 0) is 9.59 Å². The molecule has 8 nitrogen and oxygen atoms in total. The quantitative estimate of drug-likeness (QED) is 0.750. The molecule has 1 aromatic carbocycles. The van der Waals surface area contributed by atoms with Crippen molar-refractivity contribution in [2.75, 3.05) is 46.2 Å². The molecule has 170 valence electrons. The topological polar surface area (TPSA) is 90.6 Å². The van der Waals surface area contributed by atoms with E-state index in [-0.39, 0.29) is 24.3 Å². The monoisotopic (exact) mass is 437 g/mol. The number of piperidine rings is 1. The van der Waals surface area contributed by atoms with Crippen molar-refractivity contribution in [2.24, 2.45) is 5.92 Å². The summed E-state index contributed by atoms with van der Waals surface area (Å²) in [5, 5.41) is 12.7. The second kappa shape index (κ2) is 9.88. The maximum Gasteiger partial charge on any atom is 0.239 e. The Bertz CT molecular complexity index is 1030. The minimum absolute atomic E-state index is 0.0890. The van der Waals surface area contributed by atoms with Crippen molar-refractivity contribution in [3.05, 3.63) is 41.1 Å². The third kappa shape index (κ3) is 4.78. The lowest BCUT2D eigenvalue weighted by Gasteiger charge is -2.32. The molecule has 0 bridgehead atoms. The first-order valence-corrected chi connectivity index (χ1v) is 10.8. The second-order valence-electron chi connectivity index (χ2n) is 8.43. The van der Waals surface area contributed by atoms with Gasteiger partial charge in [-0.25, -0.2) is 0 Å². The van der Waals surface area contributed by atoms with E-state index < -0.39 is 0 Å². The van der Waals surface area contributed by atoms with Crippen LogP contribution in [0.4, 0.5) is 5.82 Å². The standard InChI is InChI=1S/C24H31N5O3/c1-16-17(2)29(19-8-10-20(32-5)11-9-19)23(21(16)13-25)26-22(30)15-28-12-6-7-18(14-28)24(31)27(3)4/h8-11,18H,6-7,12,14-15H2,1-5H3,(H,26,30). The Morgan fingerprint density at radius 2 is 1.94 bits per heavy atom. The Labute approximate surface area is 189 Å². The minimum atomic E-state index is -0.202. The largest absolute Gasteiger partial charge is 0.497 e. The summed E-state index contributed by atoms with van der Waals surface area (Å²) in [5.41, 5.74) is 2.99. The van der Waals surface area contributed by atoms with Crippen LogP contribution in [0.2, 0.25) is 0 Å². The molecule has 2 amide bonds. The normalized spacial score (nSPS) is 16.3. The van der Waals surface area contributed by atoms with Crippen molar-refractivity contribution in [3.63, 3.8) is 0 Å². The Hall–Kier alpha value is -3.31. The van der Waals surface area contributed by atoms with E-state index in [1.165, 1.54) is 0 Å². The lowest BCUT2D eigenvalue weighted by molar-refractivity contribution is -0.135. The number of nitrogens with zero attached hydrogens (tertiary/aromatic N) is 4. The molecule has 1 unspecified atom stereocenters. The lowest BCUT2D eigenvalue weighted by Crippen LogP contribution is -2.45. The first-order valence-electron chi connectivity index (χ1n) is 10.8. The molecular formula is C24H31N5O3. The number of methoxy groups -OCH3 is 1. The highest BCUT2D eigenvalue weighted by molar-refractivity contribution is 5.93. The maximum atomic E-state index is 13.0. The van der Waals surface area contributed by atoms with Crippen molar-refractivity contribution in [1.82, 2.24) is 14.4 Å². The molecule has 1 aromatic heterocycles. The molecule has 1 saturated heterocycles. The van der Waals surface area contributed by atoms with Crippen molar-refractivity contribution >= 4 is 17.6 Å². The van der Waals surface area contributed by atoms with Crippen LogP contribution in [0, 0.1) is 31.1 Å². The summed E-state index contributed by atoms with van der Waals surface area (Å²) in [6.07, 6.45) is 1.72. The highest BCUT2D eigenvalue weighted by Gasteiger charge is 2.28. The molecule has 1 fully saturated rings. The van der Waals surface area contributed by atoms with Crippen LogP contribution < -0.4 is 10.1 Å². The molecule has 2 aromatic rings. The van der Waals surface area contributed by atoms with Gasteiger partial charge in [-0.2, -0.15) is 5.26 Å². The number of nitriles is 1. The first-order chi connectivity index (χ1) is 15.3. The molecular weight excluding hydrogens is 406 g/mol. The third-order valence-electron chi connectivity index (χ3n) is 6.08. The highest BCUT2D eigenvalue weighted by atomic mass is 16.5. The number of aromatic nitrogens is 1. The van der Waals surface area contributed by atoms with E-state index in [1.54, 1.807) is 26.1 Å². The number of benzene rings is 1. The Balaban J connectivity index is 1.82. The average molecular weight is 438 g/mol. The van der Waals surface area contributed by atoms with Crippen LogP contribution in [0.1, 0.15) is 29.7 Å². The summed E-state index contributed by atoms with van der Waals surface area (Å²) in [6, 6.07) is 9.71. The Kier molecular flexibility index (Phi) is 7.21. The minimum Gasteiger partial charge on any atom is -0.497 e. The van der Waals surface area contributed by atoms with E-state index >= 15 is 0 Å². The van der Waals surface area contributed by atoms with Gasteiger partial charge in [0.15, 0.2) is 0 Å². The van der Waals surface area contributed by atoms with Crippen LogP contribution in [0.25, 0.3) is 5.69 Å². The number of rotatable bonds is 6. The summed E-state index contributed by atoms with van der Waals surface area (Å²) < 4.78 is 7.13. The third-order valence-corrected chi connectivity index (χ3v) is 6.08. The van der Waals surface area contributed by atoms with E-state index in [1.807, 2.05) is 47.6 Å². The number of ether oxygens (including phenoxy) is 1. The fraction of sp³-hybridized carbons (Fsp3) is 0.458. The van der Waals surface area contributed by atoms with E-state index in [0.717, 1.165) is 42.1 Å². The van der Waals surface area contributed by atoms with E-state index in [2.05, 4.69) is 11.4 Å². The highest BCUT2D eigenvalue weighted by Crippen LogP contribution is 2.31. The predicted octanol–water partition coefficient (Wildman–Crippen LogP) is 2.71. The van der Waals surface area contributed by atoms with Crippen LogP contribution in [0.3, 0.4) is 0 Å². The van der Waals surface area contributed by atoms with Gasteiger partial charge in [-0.3, -0.25) is 19.1 Å². The number of hydrogen-bond donors (Lipinski definition) is 1. The van der Waals surface area contributed by atoms with Crippen LogP contribution >= 0.6 is 0 Å². The molecule has 1 N–H and O–H groups in total. The van der Waals surface area contributed by atoms with Gasteiger partial charge in [0.1, 0.15) is 17.6 Å². The number of likely N-dealkylation sites (tertiary alicyclic amines) is 1. The molecule has 32 heavy (non-hydrogen) atoms. The Morgan fingerprint density at radius 3 is 2.53 bits per heavy atom. The van der Waals surface area contributed by atoms with Gasteiger partial charge in [0.25, 0.3) is 0 Å². The number of anilines is 1. The van der Waals surface area contributed by atoms with Crippen molar-refractivity contribution in [2.45, 2.75) is 26.7 Å². The van der Waals surface area contributed by atoms with Crippen molar-refractivity contribution < 1.29 is 14.3 Å². The molecule has 0 radical (unpaired) electrons. The molecule has 3 rings (SSSR count). The van der Waals surface area contributed by atoms with Gasteiger partial charge in [-0.05, 0) is 63.1 Å². The second-order valence-corrected chi connectivity index (χ2v) is 8.43. The zero-order chi connectivity index (χ0) is 23.4. The molecule has 1 aliphatic rings. The molecule has 8 heteroatoms. The van der Waals surface area contributed by atoms with Crippen molar-refractivity contribution in [1.29, 1.82) is 5.26 Å². The number of carbonyl (C=O) groups excluding carboxylic acids is 2. The lowest BCUT2D eigenvalue weighted by atomic mass is 9.97. The molecule has 2 heterocycles. The Morgan fingerprint density at radius 1 is 1.25 bits per heavy atom. The summed E-state index contributed by atoms with van der Waals surface area (Å²) in [7, 11) is 5.13. The van der Waals surface area contributed by atoms with Gasteiger partial charge in [0, 0.05) is 32.0 Å². The average Bonchev–Trinajstić information content (AvgIpc) is 3.02. The number of hydrogen-bond acceptors (Lipinski definition) is 5. The SMILES string of the molecule is COc1ccc(-n2c(C)c(C)c(C#N)c2NC(=O)CN2CCCC(C(=O)N(C)C)C2)cc1. The number of amides is 2. The number of carbonyl (C=O) groups is 2. The number of nitrogens with one attached hydrogen (secondary N) is 1. The summed E-state index contributed by atoms with van der Waals surface area (Å²) in [4.78, 5) is 28.9.